The van der Waals surface area contributed by atoms with E-state index in [1.54, 1.807) is 61.6 Å². The van der Waals surface area contributed by atoms with Crippen LogP contribution in [0.5, 0.6) is 0 Å². The Morgan fingerprint density at radius 1 is 0.894 bits per heavy atom. The SMILES string of the molecule is C[C@@H](NC(=O)c1c2n(c(=O)n1-c1ccc(-n3cccn3)cc1)CCN(C(=O)c1ccc(Br)c(Cl)c1)C2)c1ccccc1-n1cccn1. The lowest BCUT2D eigenvalue weighted by Gasteiger charge is -2.28. The van der Waals surface area contributed by atoms with Gasteiger partial charge >= 0.3 is 5.69 Å². The predicted molar refractivity (Wildman–Crippen MR) is 180 cm³/mol. The maximum absolute atomic E-state index is 14.3. The molecule has 0 bridgehead atoms. The van der Waals surface area contributed by atoms with Crippen LogP contribution < -0.4 is 11.0 Å². The summed E-state index contributed by atoms with van der Waals surface area (Å²) < 4.78 is 7.14. The summed E-state index contributed by atoms with van der Waals surface area (Å²) in [4.78, 5) is 43.6. The van der Waals surface area contributed by atoms with Crippen LogP contribution in [0.25, 0.3) is 17.1 Å². The van der Waals surface area contributed by atoms with Crippen LogP contribution in [0, 0.1) is 0 Å². The highest BCUT2D eigenvalue weighted by atomic mass is 79.9. The quantitative estimate of drug-likeness (QED) is 0.233. The van der Waals surface area contributed by atoms with E-state index in [1.807, 2.05) is 67.8 Å². The number of amides is 2. The summed E-state index contributed by atoms with van der Waals surface area (Å²) in [6, 6.07) is 23.1. The molecule has 0 fully saturated rings. The van der Waals surface area contributed by atoms with Gasteiger partial charge in [-0.25, -0.2) is 14.2 Å². The number of fused-ring (bicyclic) bond motifs is 1. The highest BCUT2D eigenvalue weighted by Gasteiger charge is 2.33. The molecule has 1 N–H and O–H groups in total. The van der Waals surface area contributed by atoms with Crippen LogP contribution in [-0.4, -0.2) is 52.0 Å². The zero-order valence-corrected chi connectivity index (χ0v) is 27.5. The van der Waals surface area contributed by atoms with E-state index in [4.69, 9.17) is 11.6 Å². The molecule has 0 spiro atoms. The largest absolute Gasteiger partial charge is 0.344 e. The van der Waals surface area contributed by atoms with Gasteiger partial charge in [-0.15, -0.1) is 0 Å². The number of rotatable bonds is 7. The summed E-state index contributed by atoms with van der Waals surface area (Å²) in [5.74, 6) is -0.696. The summed E-state index contributed by atoms with van der Waals surface area (Å²) in [5.41, 5.74) is 3.64. The number of hydrogen-bond acceptors (Lipinski definition) is 5. The van der Waals surface area contributed by atoms with Crippen molar-refractivity contribution in [3.05, 3.63) is 146 Å². The molecular weight excluding hydrogens is 684 g/mol. The minimum absolute atomic E-state index is 0.0567. The predicted octanol–water partition coefficient (Wildman–Crippen LogP) is 5.57. The Hall–Kier alpha value is -5.20. The molecule has 3 aromatic carbocycles. The summed E-state index contributed by atoms with van der Waals surface area (Å²) in [6.07, 6.45) is 7.04. The molecule has 11 nitrogen and oxygen atoms in total. The fourth-order valence-electron chi connectivity index (χ4n) is 5.91. The topological polar surface area (TPSA) is 112 Å². The van der Waals surface area contributed by atoms with Crippen molar-refractivity contribution < 1.29 is 9.59 Å². The molecule has 6 aromatic rings. The number of carbonyl (C=O) groups is 2. The molecule has 4 heterocycles. The van der Waals surface area contributed by atoms with Crippen molar-refractivity contribution in [1.82, 2.24) is 38.9 Å². The van der Waals surface area contributed by atoms with Crippen LogP contribution in [0.4, 0.5) is 0 Å². The number of imidazole rings is 1. The first-order chi connectivity index (χ1) is 22.8. The Morgan fingerprint density at radius 2 is 1.60 bits per heavy atom. The Morgan fingerprint density at radius 3 is 2.30 bits per heavy atom. The number of carbonyl (C=O) groups excluding carboxylic acids is 2. The van der Waals surface area contributed by atoms with Gasteiger partial charge in [0.2, 0.25) is 0 Å². The normalized spacial score (nSPS) is 13.3. The van der Waals surface area contributed by atoms with E-state index >= 15 is 0 Å². The van der Waals surface area contributed by atoms with Crippen LogP contribution in [0.3, 0.4) is 0 Å². The van der Waals surface area contributed by atoms with Gasteiger partial charge in [-0.1, -0.05) is 29.8 Å². The standard InChI is InChI=1S/C34H28BrClN8O3/c1-22(26-6-2-3-7-29(26)43-17-5-15-38-43)39-32(45)31-30-21-40(33(46)23-8-13-27(35)28(36)20-23)18-19-41(30)34(47)44(31)25-11-9-24(10-12-25)42-16-4-14-37-42/h2-17,20,22H,18-19,21H2,1H3,(H,39,45)/t22-/m1/s1. The number of nitrogens with one attached hydrogen (secondary N) is 1. The number of halogens is 2. The lowest BCUT2D eigenvalue weighted by molar-refractivity contribution is 0.0706. The fraction of sp³-hybridized carbons (Fsp3) is 0.147. The first kappa shape index (κ1) is 30.5. The smallest absolute Gasteiger partial charge is 0.333 e. The van der Waals surface area contributed by atoms with Gasteiger partial charge in [-0.3, -0.25) is 18.7 Å². The molecule has 0 radical (unpaired) electrons. The van der Waals surface area contributed by atoms with Gasteiger partial charge in [-0.2, -0.15) is 10.2 Å². The van der Waals surface area contributed by atoms with Crippen molar-refractivity contribution in [3.8, 4) is 17.1 Å². The lowest BCUT2D eigenvalue weighted by Crippen LogP contribution is -2.41. The number of hydrogen-bond donors (Lipinski definition) is 1. The highest BCUT2D eigenvalue weighted by Crippen LogP contribution is 2.27. The van der Waals surface area contributed by atoms with Gasteiger partial charge < -0.3 is 10.2 Å². The molecule has 47 heavy (non-hydrogen) atoms. The van der Waals surface area contributed by atoms with Gasteiger partial charge in [0.15, 0.2) is 0 Å². The third-order valence-corrected chi connectivity index (χ3v) is 9.46. The maximum atomic E-state index is 14.3. The van der Waals surface area contributed by atoms with Crippen molar-refractivity contribution in [2.24, 2.45) is 0 Å². The first-order valence-electron chi connectivity index (χ1n) is 14.9. The number of benzene rings is 3. The van der Waals surface area contributed by atoms with Crippen LogP contribution in [-0.2, 0) is 13.1 Å². The second-order valence-corrected chi connectivity index (χ2v) is 12.4. The summed E-state index contributed by atoms with van der Waals surface area (Å²) >= 11 is 9.66. The minimum Gasteiger partial charge on any atom is -0.344 e. The average molecular weight is 712 g/mol. The molecule has 1 aliphatic rings. The van der Waals surface area contributed by atoms with Gasteiger partial charge in [0, 0.05) is 47.9 Å². The molecule has 0 unspecified atom stereocenters. The van der Waals surface area contributed by atoms with Crippen molar-refractivity contribution in [2.45, 2.75) is 26.1 Å². The van der Waals surface area contributed by atoms with E-state index in [9.17, 15) is 14.4 Å². The Bertz CT molecular complexity index is 2150. The molecule has 2 amide bonds. The van der Waals surface area contributed by atoms with E-state index in [-0.39, 0.29) is 36.9 Å². The summed E-state index contributed by atoms with van der Waals surface area (Å²) in [5, 5.41) is 12.2. The zero-order chi connectivity index (χ0) is 32.7. The number of aromatic nitrogens is 6. The molecule has 0 saturated carbocycles. The molecule has 1 aliphatic heterocycles. The van der Waals surface area contributed by atoms with Crippen LogP contribution in [0.1, 0.15) is 45.1 Å². The van der Waals surface area contributed by atoms with Gasteiger partial charge in [0.25, 0.3) is 11.8 Å². The zero-order valence-electron chi connectivity index (χ0n) is 25.1. The third kappa shape index (κ3) is 5.70. The second kappa shape index (κ2) is 12.5. The summed E-state index contributed by atoms with van der Waals surface area (Å²) in [6.45, 7) is 2.45. The fourth-order valence-corrected chi connectivity index (χ4v) is 6.34. The van der Waals surface area contributed by atoms with E-state index in [0.717, 1.165) is 16.9 Å². The van der Waals surface area contributed by atoms with E-state index < -0.39 is 11.9 Å². The van der Waals surface area contributed by atoms with Crippen molar-refractivity contribution in [3.63, 3.8) is 0 Å². The van der Waals surface area contributed by atoms with E-state index in [2.05, 4.69) is 31.4 Å². The molecule has 1 atom stereocenters. The Kier molecular flexibility index (Phi) is 8.12. The van der Waals surface area contributed by atoms with Crippen molar-refractivity contribution in [2.75, 3.05) is 6.54 Å². The highest BCUT2D eigenvalue weighted by molar-refractivity contribution is 9.10. The molecule has 3 aromatic heterocycles. The molecule has 13 heteroatoms. The maximum Gasteiger partial charge on any atom is 0.333 e. The first-order valence-corrected chi connectivity index (χ1v) is 16.1. The average Bonchev–Trinajstić information content (AvgIpc) is 3.88. The van der Waals surface area contributed by atoms with Crippen molar-refractivity contribution >= 4 is 39.3 Å². The summed E-state index contributed by atoms with van der Waals surface area (Å²) in [7, 11) is 0. The Labute approximate surface area is 282 Å². The van der Waals surface area contributed by atoms with E-state index in [1.165, 1.54) is 4.57 Å². The third-order valence-electron chi connectivity index (χ3n) is 8.23. The molecule has 236 valence electrons. The van der Waals surface area contributed by atoms with Gasteiger partial charge in [0.1, 0.15) is 5.69 Å². The van der Waals surface area contributed by atoms with Crippen LogP contribution >= 0.6 is 27.5 Å². The van der Waals surface area contributed by atoms with E-state index in [0.29, 0.717) is 26.4 Å². The molecule has 7 rings (SSSR count). The minimum atomic E-state index is -0.449. The van der Waals surface area contributed by atoms with Gasteiger partial charge in [0.05, 0.1) is 40.4 Å². The second-order valence-electron chi connectivity index (χ2n) is 11.1. The van der Waals surface area contributed by atoms with Crippen LogP contribution in [0.2, 0.25) is 5.02 Å². The number of para-hydroxylation sites is 1. The lowest BCUT2D eigenvalue weighted by atomic mass is 10.1. The van der Waals surface area contributed by atoms with Crippen molar-refractivity contribution in [1.29, 1.82) is 0 Å². The molecular formula is C34H28BrClN8O3. The monoisotopic (exact) mass is 710 g/mol. The Balaban J connectivity index is 1.28. The molecule has 0 saturated heterocycles. The number of nitrogens with zero attached hydrogens (tertiary/aromatic N) is 7. The molecule has 0 aliphatic carbocycles. The van der Waals surface area contributed by atoms with Gasteiger partial charge in [-0.05, 0) is 89.1 Å². The van der Waals surface area contributed by atoms with Crippen LogP contribution in [0.15, 0.2) is 113 Å².